The smallest absolute Gasteiger partial charge is 0.409 e. The van der Waals surface area contributed by atoms with Crippen LogP contribution in [-0.2, 0) is 22.3 Å². The van der Waals surface area contributed by atoms with Crippen LogP contribution in [0.25, 0.3) is 23.8 Å². The molecule has 3 aromatic heterocycles. The zero-order valence-corrected chi connectivity index (χ0v) is 33.3. The zero-order chi connectivity index (χ0) is 38.2. The molecule has 0 radical (unpaired) electrons. The zero-order valence-electron chi connectivity index (χ0n) is 33.3. The van der Waals surface area contributed by atoms with Crippen molar-refractivity contribution in [3.8, 4) is 0 Å². The lowest BCUT2D eigenvalue weighted by molar-refractivity contribution is 0.0120. The van der Waals surface area contributed by atoms with Gasteiger partial charge in [-0.1, -0.05) is 53.4 Å². The number of aromatic nitrogens is 3. The summed E-state index contributed by atoms with van der Waals surface area (Å²) in [6.45, 7) is 17.0. The van der Waals surface area contributed by atoms with Gasteiger partial charge < -0.3 is 40.8 Å². The lowest BCUT2D eigenvalue weighted by Gasteiger charge is -2.16. The molecule has 1 amide bonds. The van der Waals surface area contributed by atoms with E-state index in [9.17, 15) is 9.59 Å². The van der Waals surface area contributed by atoms with Gasteiger partial charge in [0.15, 0.2) is 12.6 Å². The van der Waals surface area contributed by atoms with Crippen molar-refractivity contribution >= 4 is 35.7 Å². The number of Topliss-reactive ketones (excluding diaryl/α,β-unsaturated/α-hetero) is 1. The van der Waals surface area contributed by atoms with Crippen LogP contribution >= 0.6 is 0 Å². The Kier molecular flexibility index (Phi) is 13.7. The highest BCUT2D eigenvalue weighted by Gasteiger charge is 2.39. The largest absolute Gasteiger partial charge is 0.422 e. The van der Waals surface area contributed by atoms with Crippen LogP contribution in [0.4, 0.5) is 4.79 Å². The van der Waals surface area contributed by atoms with Gasteiger partial charge in [0.25, 0.3) is 0 Å². The van der Waals surface area contributed by atoms with E-state index in [4.69, 9.17) is 5.73 Å². The predicted molar refractivity (Wildman–Crippen MR) is 215 cm³/mol. The minimum absolute atomic E-state index is 0.00231. The normalized spacial score (nSPS) is 17.2. The first-order valence-corrected chi connectivity index (χ1v) is 19.8. The van der Waals surface area contributed by atoms with E-state index >= 15 is 0 Å². The molecule has 8 bridgehead atoms. The van der Waals surface area contributed by atoms with Crippen LogP contribution in [0.5, 0.6) is 0 Å². The highest BCUT2D eigenvalue weighted by Crippen LogP contribution is 2.45. The van der Waals surface area contributed by atoms with Gasteiger partial charge in [-0.15, -0.1) is 0 Å². The number of methoxy groups -OCH3 is 1. The van der Waals surface area contributed by atoms with Crippen LogP contribution in [0, 0.1) is 32.6 Å². The van der Waals surface area contributed by atoms with Crippen molar-refractivity contribution in [1.82, 2.24) is 25.6 Å². The van der Waals surface area contributed by atoms with Crippen molar-refractivity contribution in [2.75, 3.05) is 27.0 Å². The summed E-state index contributed by atoms with van der Waals surface area (Å²) < 4.78 is 9.24. The molecule has 7 N–H and O–H groups in total. The van der Waals surface area contributed by atoms with Crippen molar-refractivity contribution in [3.05, 3.63) is 78.2 Å². The summed E-state index contributed by atoms with van der Waals surface area (Å²) in [6.07, 6.45) is 16.5. The van der Waals surface area contributed by atoms with Gasteiger partial charge in [0.05, 0.1) is 5.69 Å². The Labute approximate surface area is 315 Å². The Bertz CT molecular complexity index is 1970. The van der Waals surface area contributed by atoms with Crippen molar-refractivity contribution in [2.45, 2.75) is 113 Å². The number of aromatic amines is 3. The quantitative estimate of drug-likeness (QED) is 0.0833. The Morgan fingerprint density at radius 1 is 0.868 bits per heavy atom. The molecule has 1 fully saturated rings. The average Bonchev–Trinajstić information content (AvgIpc) is 3.90. The molecular formula is C43H62N6O4. The van der Waals surface area contributed by atoms with Gasteiger partial charge in [0.2, 0.25) is 0 Å². The number of allylic oxidation sites excluding steroid dienone is 3. The second kappa shape index (κ2) is 18.2. The minimum atomic E-state index is -0.418. The van der Waals surface area contributed by atoms with Crippen LogP contribution in [0.15, 0.2) is 11.4 Å². The monoisotopic (exact) mass is 726 g/mol. The second-order valence-electron chi connectivity index (χ2n) is 14.7. The van der Waals surface area contributed by atoms with E-state index in [2.05, 4.69) is 102 Å². The molecule has 288 valence electrons. The second-order valence-corrected chi connectivity index (χ2v) is 14.7. The Morgan fingerprint density at radius 2 is 1.57 bits per heavy atom. The molecule has 5 heterocycles. The number of hydrogen-bond acceptors (Lipinski definition) is 6. The number of amides is 1. The van der Waals surface area contributed by atoms with Crippen LogP contribution in [0.2, 0.25) is 0 Å². The van der Waals surface area contributed by atoms with Gasteiger partial charge >= 0.3 is 6.09 Å². The summed E-state index contributed by atoms with van der Waals surface area (Å²) in [7, 11) is 1.48. The van der Waals surface area contributed by atoms with Gasteiger partial charge in [-0.05, 0) is 105 Å². The SMILES string of the molecule is CCC[C@@H]1C2=C3CC(=O)c4c3[nH]c(c4C)C=c3[nH]c(c(C)c3CC)=Cc3[nH]c(c(C)c3CC)C=C(N2)[C@H]1C.COCOC(=O)NCCCCCCCN. The summed E-state index contributed by atoms with van der Waals surface area (Å²) in [5.74, 6) is 0.956. The number of unbranched alkanes of at least 4 members (excludes halogenated alkanes) is 4. The summed E-state index contributed by atoms with van der Waals surface area (Å²) >= 11 is 0. The number of H-pyrrole nitrogens is 3. The van der Waals surface area contributed by atoms with Gasteiger partial charge in [-0.25, -0.2) is 4.79 Å². The molecule has 0 spiro atoms. The summed E-state index contributed by atoms with van der Waals surface area (Å²) in [5.41, 5.74) is 20.6. The molecule has 0 aromatic carbocycles. The first kappa shape index (κ1) is 39.9. The number of alkyl carbamates (subject to hydrolysis) is 1. The third kappa shape index (κ3) is 8.60. The van der Waals surface area contributed by atoms with Crippen LogP contribution in [-0.4, -0.2) is 53.8 Å². The number of nitrogens with one attached hydrogen (secondary N) is 5. The molecule has 6 rings (SSSR count). The molecule has 1 aliphatic carbocycles. The molecule has 2 atom stereocenters. The van der Waals surface area contributed by atoms with Crippen molar-refractivity contribution in [2.24, 2.45) is 17.6 Å². The summed E-state index contributed by atoms with van der Waals surface area (Å²) in [6, 6.07) is 0. The number of carbonyl (C=O) groups excluding carboxylic acids is 2. The molecule has 1 saturated heterocycles. The third-order valence-electron chi connectivity index (χ3n) is 11.3. The number of carbonyl (C=O) groups is 2. The van der Waals surface area contributed by atoms with E-state index in [0.717, 1.165) is 90.3 Å². The molecule has 0 unspecified atom stereocenters. The third-order valence-corrected chi connectivity index (χ3v) is 11.3. The van der Waals surface area contributed by atoms with E-state index in [1.165, 1.54) is 65.0 Å². The Morgan fingerprint density at radius 3 is 2.26 bits per heavy atom. The van der Waals surface area contributed by atoms with Gasteiger partial charge in [-0.2, -0.15) is 0 Å². The van der Waals surface area contributed by atoms with E-state index < -0.39 is 6.09 Å². The maximum atomic E-state index is 13.4. The number of rotatable bonds is 13. The molecule has 10 heteroatoms. The Hall–Kier alpha value is -4.28. The number of hydrogen-bond donors (Lipinski definition) is 6. The number of ether oxygens (including phenoxy) is 2. The summed E-state index contributed by atoms with van der Waals surface area (Å²) in [4.78, 5) is 35.5. The van der Waals surface area contributed by atoms with E-state index in [0.29, 0.717) is 24.8 Å². The fourth-order valence-electron chi connectivity index (χ4n) is 8.30. The lowest BCUT2D eigenvalue weighted by Crippen LogP contribution is -2.25. The fraction of sp³-hybridized carbons (Fsp3) is 0.535. The Balaban J connectivity index is 0.000000307. The van der Waals surface area contributed by atoms with Gasteiger partial charge in [0.1, 0.15) is 0 Å². The molecule has 53 heavy (non-hydrogen) atoms. The molecule has 2 aliphatic heterocycles. The van der Waals surface area contributed by atoms with Crippen LogP contribution in [0.3, 0.4) is 0 Å². The number of fused-ring (bicyclic) bond motifs is 7. The number of nitrogens with two attached hydrogens (primary N) is 1. The topological polar surface area (TPSA) is 150 Å². The lowest BCUT2D eigenvalue weighted by atomic mass is 9.87. The molecule has 10 nitrogen and oxygen atoms in total. The van der Waals surface area contributed by atoms with E-state index in [1.54, 1.807) is 0 Å². The average molecular weight is 727 g/mol. The van der Waals surface area contributed by atoms with Crippen molar-refractivity contribution in [1.29, 1.82) is 0 Å². The van der Waals surface area contributed by atoms with Crippen molar-refractivity contribution in [3.63, 3.8) is 0 Å². The van der Waals surface area contributed by atoms with Crippen LogP contribution in [0.1, 0.15) is 140 Å². The minimum Gasteiger partial charge on any atom is -0.422 e. The molecule has 3 aliphatic rings. The highest BCUT2D eigenvalue weighted by molar-refractivity contribution is 6.13. The van der Waals surface area contributed by atoms with Crippen molar-refractivity contribution < 1.29 is 19.1 Å². The standard InChI is InChI=1S/C33H40N4O.C10H22N2O3/c1-8-11-22-18(6)26-13-24-16(4)20(9-2)28(34-24)14-25-17(5)21(10-3)29(35-25)15-27-19(7)31-30(38)12-23(32(22)36-26)33(31)37-27;1-14-9-15-10(13)12-8-6-4-2-3-5-7-11/h13-15,18,22,34-37H,8-12H2,1-7H3;2-9,11H2,1H3,(H,12,13)/t18-,22-;/m0./s1. The molecule has 3 aromatic rings. The molecule has 0 saturated carbocycles. The number of ketones is 1. The summed E-state index contributed by atoms with van der Waals surface area (Å²) in [5, 5.41) is 8.75. The van der Waals surface area contributed by atoms with Crippen LogP contribution < -0.4 is 27.1 Å². The fourth-order valence-corrected chi connectivity index (χ4v) is 8.30. The maximum Gasteiger partial charge on any atom is 0.409 e. The molecular weight excluding hydrogens is 665 g/mol. The van der Waals surface area contributed by atoms with E-state index in [-0.39, 0.29) is 12.6 Å². The predicted octanol–water partition coefficient (Wildman–Crippen LogP) is 6.91. The highest BCUT2D eigenvalue weighted by atomic mass is 16.7. The van der Waals surface area contributed by atoms with E-state index in [1.807, 2.05) is 0 Å². The van der Waals surface area contributed by atoms with Gasteiger partial charge in [0, 0.05) is 82.2 Å². The van der Waals surface area contributed by atoms with Gasteiger partial charge in [-0.3, -0.25) is 4.79 Å². The first-order valence-electron chi connectivity index (χ1n) is 19.8. The first-order chi connectivity index (χ1) is 25.6. The maximum absolute atomic E-state index is 13.4.